The predicted octanol–water partition coefficient (Wildman–Crippen LogP) is 2.98. The van der Waals surface area contributed by atoms with E-state index in [0.29, 0.717) is 11.4 Å². The molecule has 0 bridgehead atoms. The number of nitrogens with one attached hydrogen (secondary N) is 1. The number of hydrogen-bond donors (Lipinski definition) is 1. The van der Waals surface area contributed by atoms with Crippen molar-refractivity contribution < 1.29 is 0 Å². The molecule has 7 heteroatoms. The van der Waals surface area contributed by atoms with Gasteiger partial charge < -0.3 is 5.32 Å². The van der Waals surface area contributed by atoms with E-state index in [4.69, 9.17) is 11.6 Å². The van der Waals surface area contributed by atoms with Crippen molar-refractivity contribution in [2.24, 2.45) is 7.05 Å². The van der Waals surface area contributed by atoms with Gasteiger partial charge in [-0.25, -0.2) is 0 Å². The third kappa shape index (κ3) is 2.73. The highest BCUT2D eigenvalue weighted by Gasteiger charge is 2.14. The van der Waals surface area contributed by atoms with Crippen LogP contribution in [0.3, 0.4) is 0 Å². The first-order chi connectivity index (χ1) is 11.0. The molecule has 0 aliphatic heterocycles. The molecule has 0 atom stereocenters. The van der Waals surface area contributed by atoms with Gasteiger partial charge in [0.05, 0.1) is 34.6 Å². The zero-order chi connectivity index (χ0) is 16.6. The van der Waals surface area contributed by atoms with E-state index in [1.807, 2.05) is 39.1 Å². The maximum Gasteiger partial charge on any atom is 0.292 e. The Bertz CT molecular complexity index is 914. The van der Waals surface area contributed by atoms with E-state index in [9.17, 15) is 4.79 Å². The van der Waals surface area contributed by atoms with Gasteiger partial charge in [-0.2, -0.15) is 14.9 Å². The fourth-order valence-electron chi connectivity index (χ4n) is 2.36. The standard InChI is InChI=1S/C16H16ClN5O/c1-10-15(11(2)21(3)20-10)19-13-9-18-22(16(23)14(13)17)12-7-5-4-6-8-12/h4-9,19H,1-3H3. The van der Waals surface area contributed by atoms with Crippen LogP contribution in [-0.2, 0) is 7.05 Å². The highest BCUT2D eigenvalue weighted by Crippen LogP contribution is 2.26. The third-order valence-corrected chi connectivity index (χ3v) is 4.05. The molecular weight excluding hydrogens is 314 g/mol. The van der Waals surface area contributed by atoms with Crippen LogP contribution in [0.15, 0.2) is 41.3 Å². The first-order valence-electron chi connectivity index (χ1n) is 7.09. The van der Waals surface area contributed by atoms with Crippen LogP contribution in [0.5, 0.6) is 0 Å². The van der Waals surface area contributed by atoms with Gasteiger partial charge in [0.15, 0.2) is 0 Å². The van der Waals surface area contributed by atoms with Crippen LogP contribution in [0.1, 0.15) is 11.4 Å². The maximum absolute atomic E-state index is 12.5. The Morgan fingerprint density at radius 3 is 2.48 bits per heavy atom. The topological polar surface area (TPSA) is 64.7 Å². The first kappa shape index (κ1) is 15.3. The van der Waals surface area contributed by atoms with E-state index in [1.165, 1.54) is 4.68 Å². The minimum atomic E-state index is -0.373. The van der Waals surface area contributed by atoms with Crippen molar-refractivity contribution in [1.29, 1.82) is 0 Å². The Balaban J connectivity index is 2.03. The molecular formula is C16H16ClN5O. The van der Waals surface area contributed by atoms with Gasteiger partial charge in [0, 0.05) is 7.05 Å². The molecule has 1 aromatic carbocycles. The molecule has 0 aliphatic carbocycles. The number of hydrogen-bond acceptors (Lipinski definition) is 4. The lowest BCUT2D eigenvalue weighted by Gasteiger charge is -2.10. The van der Waals surface area contributed by atoms with Gasteiger partial charge in [-0.1, -0.05) is 29.8 Å². The molecule has 0 saturated heterocycles. The van der Waals surface area contributed by atoms with Crippen molar-refractivity contribution >= 4 is 23.0 Å². The number of benzene rings is 1. The van der Waals surface area contributed by atoms with E-state index in [0.717, 1.165) is 17.1 Å². The van der Waals surface area contributed by atoms with Crippen LogP contribution in [0, 0.1) is 13.8 Å². The molecule has 2 aromatic heterocycles. The summed E-state index contributed by atoms with van der Waals surface area (Å²) < 4.78 is 3.04. The molecule has 3 rings (SSSR count). The fourth-order valence-corrected chi connectivity index (χ4v) is 2.54. The molecule has 0 spiro atoms. The van der Waals surface area contributed by atoms with Crippen molar-refractivity contribution in [2.75, 3.05) is 5.32 Å². The average molecular weight is 330 g/mol. The highest BCUT2D eigenvalue weighted by molar-refractivity contribution is 6.33. The summed E-state index contributed by atoms with van der Waals surface area (Å²) in [7, 11) is 1.86. The fraction of sp³-hybridized carbons (Fsp3) is 0.188. The molecule has 3 aromatic rings. The van der Waals surface area contributed by atoms with Crippen LogP contribution in [0.25, 0.3) is 5.69 Å². The lowest BCUT2D eigenvalue weighted by Crippen LogP contribution is -2.22. The van der Waals surface area contributed by atoms with Crippen LogP contribution >= 0.6 is 11.6 Å². The summed E-state index contributed by atoms with van der Waals surface area (Å²) in [5, 5.41) is 11.8. The molecule has 0 radical (unpaired) electrons. The molecule has 0 amide bonds. The van der Waals surface area contributed by atoms with E-state index in [1.54, 1.807) is 23.0 Å². The smallest absolute Gasteiger partial charge is 0.292 e. The number of anilines is 2. The summed E-state index contributed by atoms with van der Waals surface area (Å²) in [6, 6.07) is 9.15. The lowest BCUT2D eigenvalue weighted by molar-refractivity contribution is 0.731. The van der Waals surface area contributed by atoms with E-state index in [2.05, 4.69) is 15.5 Å². The lowest BCUT2D eigenvalue weighted by atomic mass is 10.3. The maximum atomic E-state index is 12.5. The van der Waals surface area contributed by atoms with Gasteiger partial charge in [-0.05, 0) is 26.0 Å². The summed E-state index contributed by atoms with van der Waals surface area (Å²) in [6.45, 7) is 3.83. The van der Waals surface area contributed by atoms with Crippen molar-refractivity contribution in [2.45, 2.75) is 13.8 Å². The molecule has 6 nitrogen and oxygen atoms in total. The monoisotopic (exact) mass is 329 g/mol. The number of nitrogens with zero attached hydrogens (tertiary/aromatic N) is 4. The van der Waals surface area contributed by atoms with Gasteiger partial charge in [0.25, 0.3) is 5.56 Å². The van der Waals surface area contributed by atoms with Gasteiger partial charge >= 0.3 is 0 Å². The summed E-state index contributed by atoms with van der Waals surface area (Å²) in [5.41, 5.74) is 3.36. The number of aryl methyl sites for hydroxylation is 2. The molecule has 0 unspecified atom stereocenters. The summed E-state index contributed by atoms with van der Waals surface area (Å²) in [4.78, 5) is 12.5. The van der Waals surface area contributed by atoms with Crippen LogP contribution < -0.4 is 10.9 Å². The zero-order valence-corrected chi connectivity index (χ0v) is 13.8. The summed E-state index contributed by atoms with van der Waals surface area (Å²) >= 11 is 6.25. The second-order valence-corrected chi connectivity index (χ2v) is 5.60. The quantitative estimate of drug-likeness (QED) is 0.802. The van der Waals surface area contributed by atoms with Crippen molar-refractivity contribution in [3.05, 3.63) is 63.3 Å². The Labute approximate surface area is 138 Å². The zero-order valence-electron chi connectivity index (χ0n) is 13.0. The molecule has 1 N–H and O–H groups in total. The summed E-state index contributed by atoms with van der Waals surface area (Å²) in [5.74, 6) is 0. The van der Waals surface area contributed by atoms with Crippen molar-refractivity contribution in [3.63, 3.8) is 0 Å². The number of halogens is 1. The average Bonchev–Trinajstić information content (AvgIpc) is 2.79. The van der Waals surface area contributed by atoms with E-state index < -0.39 is 0 Å². The molecule has 0 aliphatic rings. The molecule has 2 heterocycles. The second-order valence-electron chi connectivity index (χ2n) is 5.22. The summed E-state index contributed by atoms with van der Waals surface area (Å²) in [6.07, 6.45) is 1.54. The van der Waals surface area contributed by atoms with Gasteiger partial charge in [0.1, 0.15) is 5.02 Å². The first-order valence-corrected chi connectivity index (χ1v) is 7.47. The predicted molar refractivity (Wildman–Crippen MR) is 90.8 cm³/mol. The van der Waals surface area contributed by atoms with Crippen molar-refractivity contribution in [1.82, 2.24) is 19.6 Å². The Kier molecular flexibility index (Phi) is 3.92. The molecule has 0 saturated carbocycles. The van der Waals surface area contributed by atoms with E-state index in [-0.39, 0.29) is 10.6 Å². The molecule has 118 valence electrons. The number of aromatic nitrogens is 4. The second kappa shape index (κ2) is 5.89. The molecule has 23 heavy (non-hydrogen) atoms. The Hall–Kier alpha value is -2.60. The number of rotatable bonds is 3. The largest absolute Gasteiger partial charge is 0.350 e. The van der Waals surface area contributed by atoms with Gasteiger partial charge in [0.2, 0.25) is 0 Å². The van der Waals surface area contributed by atoms with Crippen LogP contribution in [0.4, 0.5) is 11.4 Å². The van der Waals surface area contributed by atoms with Gasteiger partial charge in [-0.3, -0.25) is 9.48 Å². The number of para-hydroxylation sites is 1. The minimum absolute atomic E-state index is 0.0894. The van der Waals surface area contributed by atoms with Crippen LogP contribution in [0.2, 0.25) is 5.02 Å². The van der Waals surface area contributed by atoms with E-state index >= 15 is 0 Å². The minimum Gasteiger partial charge on any atom is -0.350 e. The third-order valence-electron chi connectivity index (χ3n) is 3.69. The molecule has 0 fully saturated rings. The van der Waals surface area contributed by atoms with Crippen molar-refractivity contribution in [3.8, 4) is 5.69 Å². The highest BCUT2D eigenvalue weighted by atomic mass is 35.5. The van der Waals surface area contributed by atoms with Crippen LogP contribution in [-0.4, -0.2) is 19.6 Å². The SMILES string of the molecule is Cc1nn(C)c(C)c1Nc1cnn(-c2ccccc2)c(=O)c1Cl. The Morgan fingerprint density at radius 1 is 1.17 bits per heavy atom. The normalized spacial score (nSPS) is 10.8. The van der Waals surface area contributed by atoms with Gasteiger partial charge in [-0.15, -0.1) is 0 Å². The Morgan fingerprint density at radius 2 is 1.87 bits per heavy atom.